The number of fused-ring (bicyclic) bond motifs is 1. The van der Waals surface area contributed by atoms with Crippen molar-refractivity contribution in [1.82, 2.24) is 9.38 Å². The Labute approximate surface area is 121 Å². The van der Waals surface area contributed by atoms with Crippen LogP contribution in [0.15, 0.2) is 34.8 Å². The second kappa shape index (κ2) is 4.67. The number of sulfonamides is 1. The summed E-state index contributed by atoms with van der Waals surface area (Å²) in [6.07, 6.45) is 1.50. The van der Waals surface area contributed by atoms with Crippen LogP contribution in [0.2, 0.25) is 0 Å². The van der Waals surface area contributed by atoms with Crippen LogP contribution < -0.4 is 10.5 Å². The third kappa shape index (κ3) is 2.32. The van der Waals surface area contributed by atoms with Gasteiger partial charge < -0.3 is 5.73 Å². The predicted molar refractivity (Wildman–Crippen MR) is 74.6 cm³/mol. The van der Waals surface area contributed by atoms with Crippen LogP contribution in [0.4, 0.5) is 20.3 Å². The van der Waals surface area contributed by atoms with Gasteiger partial charge in [0.25, 0.3) is 10.0 Å². The van der Waals surface area contributed by atoms with Gasteiger partial charge in [0, 0.05) is 17.6 Å². The normalized spacial score (nSPS) is 11.9. The average Bonchev–Trinajstić information content (AvgIpc) is 2.92. The Hall–Kier alpha value is -2.20. The van der Waals surface area contributed by atoms with E-state index in [0.717, 1.165) is 18.2 Å². The molecule has 1 aromatic carbocycles. The maximum atomic E-state index is 13.1. The number of aromatic nitrogens is 2. The lowest BCUT2D eigenvalue weighted by molar-refractivity contribution is 0.509. The van der Waals surface area contributed by atoms with Crippen molar-refractivity contribution in [2.45, 2.75) is 5.03 Å². The molecule has 110 valence electrons. The van der Waals surface area contributed by atoms with Gasteiger partial charge in [-0.1, -0.05) is 0 Å². The van der Waals surface area contributed by atoms with Crippen LogP contribution in [0, 0.1) is 11.6 Å². The van der Waals surface area contributed by atoms with Gasteiger partial charge in [-0.2, -0.15) is 8.42 Å². The number of nitrogens with two attached hydrogens (primary N) is 1. The fraction of sp³-hybridized carbons (Fsp3) is 0. The number of anilines is 2. The molecular weight excluding hydrogens is 322 g/mol. The molecule has 0 bridgehead atoms. The predicted octanol–water partition coefficient (Wildman–Crippen LogP) is 2.06. The molecule has 10 heteroatoms. The van der Waals surface area contributed by atoms with Crippen LogP contribution in [0.1, 0.15) is 0 Å². The van der Waals surface area contributed by atoms with Crippen molar-refractivity contribution < 1.29 is 17.2 Å². The Kier molecular flexibility index (Phi) is 3.06. The van der Waals surface area contributed by atoms with E-state index in [9.17, 15) is 17.2 Å². The van der Waals surface area contributed by atoms with Crippen LogP contribution in [0.5, 0.6) is 0 Å². The lowest BCUT2D eigenvalue weighted by Gasteiger charge is -2.08. The Morgan fingerprint density at radius 2 is 2.05 bits per heavy atom. The van der Waals surface area contributed by atoms with E-state index in [1.807, 2.05) is 0 Å². The van der Waals surface area contributed by atoms with Gasteiger partial charge in [-0.15, -0.1) is 11.3 Å². The van der Waals surface area contributed by atoms with Crippen LogP contribution in [0.25, 0.3) is 4.96 Å². The molecule has 0 saturated carbocycles. The van der Waals surface area contributed by atoms with E-state index in [0.29, 0.717) is 4.96 Å². The van der Waals surface area contributed by atoms with E-state index < -0.39 is 21.7 Å². The summed E-state index contributed by atoms with van der Waals surface area (Å²) in [6.45, 7) is 0. The van der Waals surface area contributed by atoms with E-state index >= 15 is 0 Å². The second-order valence-corrected chi connectivity index (χ2v) is 6.56. The summed E-state index contributed by atoms with van der Waals surface area (Å²) in [5, 5.41) is 1.40. The summed E-state index contributed by atoms with van der Waals surface area (Å²) in [6, 6.07) is 2.68. The van der Waals surface area contributed by atoms with E-state index in [-0.39, 0.29) is 16.5 Å². The molecule has 0 saturated heterocycles. The van der Waals surface area contributed by atoms with E-state index in [1.165, 1.54) is 21.9 Å². The number of rotatable bonds is 3. The molecule has 2 heterocycles. The number of benzene rings is 1. The van der Waals surface area contributed by atoms with Crippen LogP contribution in [0.3, 0.4) is 0 Å². The molecule has 3 rings (SSSR count). The average molecular weight is 330 g/mol. The SMILES string of the molecule is Nc1nc2sccn2c1S(=O)(=O)Nc1ccc(F)c(F)c1. The first kappa shape index (κ1) is 13.8. The first-order valence-electron chi connectivity index (χ1n) is 5.57. The van der Waals surface area contributed by atoms with Crippen molar-refractivity contribution in [1.29, 1.82) is 0 Å². The molecule has 0 spiro atoms. The second-order valence-electron chi connectivity index (χ2n) is 4.09. The maximum absolute atomic E-state index is 13.1. The van der Waals surface area contributed by atoms with Crippen molar-refractivity contribution in [3.63, 3.8) is 0 Å². The maximum Gasteiger partial charge on any atom is 0.281 e. The zero-order valence-corrected chi connectivity index (χ0v) is 11.9. The van der Waals surface area contributed by atoms with Crippen LogP contribution in [-0.2, 0) is 10.0 Å². The van der Waals surface area contributed by atoms with Gasteiger partial charge in [-0.25, -0.2) is 13.8 Å². The van der Waals surface area contributed by atoms with Gasteiger partial charge >= 0.3 is 0 Å². The highest BCUT2D eigenvalue weighted by Gasteiger charge is 2.25. The molecule has 0 aliphatic carbocycles. The molecule has 0 atom stereocenters. The molecule has 0 fully saturated rings. The summed E-state index contributed by atoms with van der Waals surface area (Å²) in [4.78, 5) is 4.33. The monoisotopic (exact) mass is 330 g/mol. The molecule has 21 heavy (non-hydrogen) atoms. The Balaban J connectivity index is 2.06. The lowest BCUT2D eigenvalue weighted by atomic mass is 10.3. The Bertz CT molecular complexity index is 933. The zero-order chi connectivity index (χ0) is 15.2. The first-order chi connectivity index (χ1) is 9.88. The van der Waals surface area contributed by atoms with Crippen molar-refractivity contribution in [3.8, 4) is 0 Å². The molecule has 0 amide bonds. The highest BCUT2D eigenvalue weighted by Crippen LogP contribution is 2.25. The summed E-state index contributed by atoms with van der Waals surface area (Å²) in [7, 11) is -4.08. The molecule has 0 aliphatic rings. The number of hydrogen-bond acceptors (Lipinski definition) is 5. The highest BCUT2D eigenvalue weighted by atomic mass is 32.2. The minimum Gasteiger partial charge on any atom is -0.381 e. The number of nitrogen functional groups attached to an aromatic ring is 1. The minimum atomic E-state index is -4.08. The van der Waals surface area contributed by atoms with Gasteiger partial charge in [-0.05, 0) is 12.1 Å². The van der Waals surface area contributed by atoms with Crippen molar-refractivity contribution in [3.05, 3.63) is 41.4 Å². The van der Waals surface area contributed by atoms with Gasteiger partial charge in [0.15, 0.2) is 22.4 Å². The van der Waals surface area contributed by atoms with E-state index in [4.69, 9.17) is 5.73 Å². The number of imidazole rings is 1. The Morgan fingerprint density at radius 1 is 1.29 bits per heavy atom. The molecule has 3 aromatic rings. The van der Waals surface area contributed by atoms with Gasteiger partial charge in [0.2, 0.25) is 5.03 Å². The van der Waals surface area contributed by atoms with Crippen LogP contribution in [-0.4, -0.2) is 17.8 Å². The van der Waals surface area contributed by atoms with Crippen molar-refractivity contribution in [2.75, 3.05) is 10.5 Å². The summed E-state index contributed by atoms with van der Waals surface area (Å²) in [5.41, 5.74) is 5.50. The lowest BCUT2D eigenvalue weighted by Crippen LogP contribution is -2.16. The number of nitrogens with one attached hydrogen (secondary N) is 1. The minimum absolute atomic E-state index is 0.113. The highest BCUT2D eigenvalue weighted by molar-refractivity contribution is 7.92. The van der Waals surface area contributed by atoms with Gasteiger partial charge in [0.1, 0.15) is 0 Å². The van der Waals surface area contributed by atoms with Crippen LogP contribution >= 0.6 is 11.3 Å². The number of nitrogens with zero attached hydrogens (tertiary/aromatic N) is 2. The standard InChI is InChI=1S/C11H8F2N4O2S2/c12-7-2-1-6(5-8(7)13)16-21(18,19)10-9(14)15-11-17(10)3-4-20-11/h1-5,16H,14H2. The quantitative estimate of drug-likeness (QED) is 0.769. The van der Waals surface area contributed by atoms with Gasteiger partial charge in [-0.3, -0.25) is 9.12 Å². The van der Waals surface area contributed by atoms with E-state index in [2.05, 4.69) is 9.71 Å². The molecular formula is C11H8F2N4O2S2. The third-order valence-electron chi connectivity index (χ3n) is 2.67. The van der Waals surface area contributed by atoms with Crippen molar-refractivity contribution >= 4 is 37.8 Å². The largest absolute Gasteiger partial charge is 0.381 e. The van der Waals surface area contributed by atoms with E-state index in [1.54, 1.807) is 5.38 Å². The number of hydrogen-bond donors (Lipinski definition) is 2. The fourth-order valence-corrected chi connectivity index (χ4v) is 3.85. The van der Waals surface area contributed by atoms with Gasteiger partial charge in [0.05, 0.1) is 5.69 Å². The molecule has 0 unspecified atom stereocenters. The number of thiazole rings is 1. The molecule has 0 radical (unpaired) electrons. The number of halogens is 2. The topological polar surface area (TPSA) is 89.5 Å². The summed E-state index contributed by atoms with van der Waals surface area (Å²) < 4.78 is 54.1. The zero-order valence-electron chi connectivity index (χ0n) is 10.2. The molecule has 0 aliphatic heterocycles. The molecule has 3 N–H and O–H groups in total. The smallest absolute Gasteiger partial charge is 0.281 e. The molecule has 2 aromatic heterocycles. The Morgan fingerprint density at radius 3 is 2.76 bits per heavy atom. The van der Waals surface area contributed by atoms with Crippen molar-refractivity contribution in [2.24, 2.45) is 0 Å². The summed E-state index contributed by atoms with van der Waals surface area (Å²) >= 11 is 1.22. The third-order valence-corrected chi connectivity index (χ3v) is 4.85. The summed E-state index contributed by atoms with van der Waals surface area (Å²) in [5.74, 6) is -2.39. The first-order valence-corrected chi connectivity index (χ1v) is 7.93. The molecule has 6 nitrogen and oxygen atoms in total. The fourth-order valence-electron chi connectivity index (χ4n) is 1.81.